The summed E-state index contributed by atoms with van der Waals surface area (Å²) in [4.78, 5) is 23.6. The van der Waals surface area contributed by atoms with Crippen LogP contribution < -0.4 is 4.90 Å². The number of hydrogen-bond acceptors (Lipinski definition) is 4. The molecule has 0 N–H and O–H groups in total. The fraction of sp³-hybridized carbons (Fsp3) is 0.190. The first-order valence-electron chi connectivity index (χ1n) is 9.15. The number of amides is 1. The lowest BCUT2D eigenvalue weighted by molar-refractivity contribution is -0.118. The number of carbonyl (C=O) groups is 1. The van der Waals surface area contributed by atoms with Gasteiger partial charge >= 0.3 is 0 Å². The number of thiazole rings is 1. The molecule has 2 aromatic heterocycles. The average Bonchev–Trinajstić information content (AvgIpc) is 3.36. The molecule has 0 aliphatic carbocycles. The number of rotatable bonds is 7. The Morgan fingerprint density at radius 1 is 1.20 bits per heavy atom. The lowest BCUT2D eigenvalue weighted by Gasteiger charge is -2.20. The van der Waals surface area contributed by atoms with Crippen molar-refractivity contribution in [3.8, 4) is 0 Å². The SMILES string of the molecule is Cl.O=C(Cc1ccc(F)cc1)N(CCCn1ccnc1)c1nc2ccc(Br)cc2s1. The van der Waals surface area contributed by atoms with Gasteiger partial charge in [-0.1, -0.05) is 39.4 Å². The summed E-state index contributed by atoms with van der Waals surface area (Å²) in [5.41, 5.74) is 1.64. The molecule has 0 spiro atoms. The van der Waals surface area contributed by atoms with Crippen LogP contribution in [0.3, 0.4) is 0 Å². The van der Waals surface area contributed by atoms with Crippen molar-refractivity contribution in [2.24, 2.45) is 0 Å². The van der Waals surface area contributed by atoms with Crippen LogP contribution in [0, 0.1) is 5.82 Å². The quantitative estimate of drug-likeness (QED) is 0.331. The number of benzene rings is 2. The van der Waals surface area contributed by atoms with E-state index in [-0.39, 0.29) is 30.6 Å². The molecule has 0 atom stereocenters. The van der Waals surface area contributed by atoms with Crippen molar-refractivity contribution < 1.29 is 9.18 Å². The Hall–Kier alpha value is -2.29. The molecule has 1 amide bonds. The van der Waals surface area contributed by atoms with Crippen molar-refractivity contribution in [2.45, 2.75) is 19.4 Å². The first-order valence-corrected chi connectivity index (χ1v) is 10.8. The number of aromatic nitrogens is 3. The zero-order valence-electron chi connectivity index (χ0n) is 15.9. The van der Waals surface area contributed by atoms with E-state index < -0.39 is 0 Å². The Morgan fingerprint density at radius 3 is 2.73 bits per heavy atom. The summed E-state index contributed by atoms with van der Waals surface area (Å²) in [6.07, 6.45) is 6.37. The maximum Gasteiger partial charge on any atom is 0.233 e. The van der Waals surface area contributed by atoms with Crippen LogP contribution in [0.15, 0.2) is 65.7 Å². The Balaban J connectivity index is 0.00000256. The monoisotopic (exact) mass is 508 g/mol. The van der Waals surface area contributed by atoms with Gasteiger partial charge in [0, 0.05) is 30.0 Å². The molecular weight excluding hydrogens is 491 g/mol. The smallest absolute Gasteiger partial charge is 0.233 e. The Bertz CT molecular complexity index is 1120. The molecule has 4 aromatic rings. The molecule has 0 aliphatic heterocycles. The molecule has 0 unspecified atom stereocenters. The molecule has 0 saturated carbocycles. The third-order valence-corrected chi connectivity index (χ3v) is 6.03. The van der Waals surface area contributed by atoms with Gasteiger partial charge in [-0.15, -0.1) is 12.4 Å². The second-order valence-electron chi connectivity index (χ2n) is 6.61. The number of hydrogen-bond donors (Lipinski definition) is 0. The number of carbonyl (C=O) groups excluding carboxylic acids is 1. The Labute approximate surface area is 192 Å². The number of fused-ring (bicyclic) bond motifs is 1. The molecule has 30 heavy (non-hydrogen) atoms. The zero-order chi connectivity index (χ0) is 20.2. The van der Waals surface area contributed by atoms with E-state index in [1.165, 1.54) is 23.5 Å². The second-order valence-corrected chi connectivity index (χ2v) is 8.54. The van der Waals surface area contributed by atoms with E-state index in [0.29, 0.717) is 11.7 Å². The number of anilines is 1. The minimum atomic E-state index is -0.310. The van der Waals surface area contributed by atoms with Gasteiger partial charge in [-0.2, -0.15) is 0 Å². The Morgan fingerprint density at radius 2 is 2.00 bits per heavy atom. The zero-order valence-corrected chi connectivity index (χ0v) is 19.1. The molecule has 0 bridgehead atoms. The molecule has 2 heterocycles. The molecule has 0 fully saturated rings. The van der Waals surface area contributed by atoms with E-state index in [4.69, 9.17) is 0 Å². The fourth-order valence-electron chi connectivity index (χ4n) is 3.03. The van der Waals surface area contributed by atoms with E-state index in [0.717, 1.165) is 33.2 Å². The highest BCUT2D eigenvalue weighted by atomic mass is 79.9. The van der Waals surface area contributed by atoms with E-state index >= 15 is 0 Å². The molecule has 0 saturated heterocycles. The summed E-state index contributed by atoms with van der Waals surface area (Å²) in [5.74, 6) is -0.365. The van der Waals surface area contributed by atoms with Crippen molar-refractivity contribution in [3.05, 3.63) is 77.0 Å². The van der Waals surface area contributed by atoms with Crippen molar-refractivity contribution in [1.29, 1.82) is 0 Å². The molecule has 0 radical (unpaired) electrons. The predicted molar refractivity (Wildman–Crippen MR) is 124 cm³/mol. The number of halogens is 3. The summed E-state index contributed by atoms with van der Waals surface area (Å²) in [7, 11) is 0. The van der Waals surface area contributed by atoms with Crippen LogP contribution in [0.4, 0.5) is 9.52 Å². The van der Waals surface area contributed by atoms with Gasteiger partial charge in [0.15, 0.2) is 5.13 Å². The third kappa shape index (κ3) is 5.44. The topological polar surface area (TPSA) is 51.0 Å². The largest absolute Gasteiger partial charge is 0.337 e. The maximum absolute atomic E-state index is 13.2. The minimum Gasteiger partial charge on any atom is -0.337 e. The van der Waals surface area contributed by atoms with Gasteiger partial charge in [0.1, 0.15) is 5.82 Å². The third-order valence-electron chi connectivity index (χ3n) is 4.50. The number of imidazole rings is 1. The summed E-state index contributed by atoms with van der Waals surface area (Å²) >= 11 is 4.97. The highest BCUT2D eigenvalue weighted by Gasteiger charge is 2.20. The standard InChI is InChI=1S/C21H18BrFN4OS.ClH/c22-16-4-7-18-19(13-16)29-21(25-18)27(10-1-9-26-11-8-24-14-26)20(28)12-15-2-5-17(23)6-3-15;/h2-8,11,13-14H,1,9-10,12H2;1H. The summed E-state index contributed by atoms with van der Waals surface area (Å²) < 4.78 is 17.2. The Kier molecular flexibility index (Phi) is 7.58. The van der Waals surface area contributed by atoms with Gasteiger partial charge < -0.3 is 4.57 Å². The maximum atomic E-state index is 13.2. The van der Waals surface area contributed by atoms with Gasteiger partial charge in [-0.05, 0) is 42.3 Å². The van der Waals surface area contributed by atoms with Crippen LogP contribution in [-0.2, 0) is 17.8 Å². The van der Waals surface area contributed by atoms with Gasteiger partial charge in [0.25, 0.3) is 0 Å². The average molecular weight is 510 g/mol. The van der Waals surface area contributed by atoms with Crippen LogP contribution in [-0.4, -0.2) is 27.0 Å². The molecular formula is C21H19BrClFN4OS. The van der Waals surface area contributed by atoms with Crippen molar-refractivity contribution in [2.75, 3.05) is 11.4 Å². The van der Waals surface area contributed by atoms with Gasteiger partial charge in [-0.3, -0.25) is 9.69 Å². The van der Waals surface area contributed by atoms with Gasteiger partial charge in [0.05, 0.1) is 23.0 Å². The minimum absolute atomic E-state index is 0. The molecule has 4 rings (SSSR count). The second kappa shape index (κ2) is 10.1. The number of nitrogens with zero attached hydrogens (tertiary/aromatic N) is 4. The first-order chi connectivity index (χ1) is 14.1. The predicted octanol–water partition coefficient (Wildman–Crippen LogP) is 5.48. The van der Waals surface area contributed by atoms with Crippen LogP contribution in [0.2, 0.25) is 0 Å². The summed E-state index contributed by atoms with van der Waals surface area (Å²) in [6, 6.07) is 11.9. The van der Waals surface area contributed by atoms with Gasteiger partial charge in [0.2, 0.25) is 5.91 Å². The molecule has 9 heteroatoms. The lowest BCUT2D eigenvalue weighted by atomic mass is 10.1. The number of aryl methyl sites for hydroxylation is 1. The molecule has 0 aliphatic rings. The summed E-state index contributed by atoms with van der Waals surface area (Å²) in [5, 5.41) is 0.677. The highest BCUT2D eigenvalue weighted by Crippen LogP contribution is 2.31. The summed E-state index contributed by atoms with van der Waals surface area (Å²) in [6.45, 7) is 1.30. The van der Waals surface area contributed by atoms with E-state index in [1.807, 2.05) is 29.0 Å². The van der Waals surface area contributed by atoms with Crippen LogP contribution in [0.25, 0.3) is 10.2 Å². The van der Waals surface area contributed by atoms with E-state index in [9.17, 15) is 9.18 Å². The fourth-order valence-corrected chi connectivity index (χ4v) is 4.59. The van der Waals surface area contributed by atoms with E-state index in [1.54, 1.807) is 29.6 Å². The van der Waals surface area contributed by atoms with Crippen LogP contribution in [0.5, 0.6) is 0 Å². The highest BCUT2D eigenvalue weighted by molar-refractivity contribution is 9.10. The molecule has 156 valence electrons. The molecule has 5 nitrogen and oxygen atoms in total. The van der Waals surface area contributed by atoms with E-state index in [2.05, 4.69) is 25.9 Å². The first kappa shape index (κ1) is 22.4. The van der Waals surface area contributed by atoms with Crippen LogP contribution >= 0.6 is 39.7 Å². The lowest BCUT2D eigenvalue weighted by Crippen LogP contribution is -2.33. The van der Waals surface area contributed by atoms with Gasteiger partial charge in [-0.25, -0.2) is 14.4 Å². The van der Waals surface area contributed by atoms with Crippen molar-refractivity contribution >= 4 is 60.9 Å². The normalized spacial score (nSPS) is 10.7. The molecule has 2 aromatic carbocycles. The van der Waals surface area contributed by atoms with Crippen molar-refractivity contribution in [1.82, 2.24) is 14.5 Å². The van der Waals surface area contributed by atoms with Crippen LogP contribution in [0.1, 0.15) is 12.0 Å². The van der Waals surface area contributed by atoms with Crippen molar-refractivity contribution in [3.63, 3.8) is 0 Å².